The van der Waals surface area contributed by atoms with Crippen LogP contribution in [0.5, 0.6) is 0 Å². The number of aromatic nitrogens is 2. The number of hydrogen-bond donors (Lipinski definition) is 0. The molecule has 1 aliphatic rings. The van der Waals surface area contributed by atoms with Gasteiger partial charge >= 0.3 is 0 Å². The lowest BCUT2D eigenvalue weighted by atomic mass is 9.89. The van der Waals surface area contributed by atoms with Crippen LogP contribution in [-0.2, 0) is 24.2 Å². The molecule has 0 aliphatic heterocycles. The molecule has 28 heavy (non-hydrogen) atoms. The van der Waals surface area contributed by atoms with E-state index >= 15 is 0 Å². The topological polar surface area (TPSA) is 55.2 Å². The van der Waals surface area contributed by atoms with Crippen molar-refractivity contribution in [2.24, 2.45) is 5.92 Å². The highest BCUT2D eigenvalue weighted by Gasteiger charge is 2.24. The molecule has 1 atom stereocenters. The second kappa shape index (κ2) is 7.72. The summed E-state index contributed by atoms with van der Waals surface area (Å²) in [4.78, 5) is 34.3. The number of thiophene rings is 1. The maximum atomic E-state index is 13.1. The monoisotopic (exact) mass is 393 g/mol. The van der Waals surface area contributed by atoms with E-state index in [1.807, 2.05) is 30.3 Å². The summed E-state index contributed by atoms with van der Waals surface area (Å²) in [6.07, 6.45) is 6.21. The number of carbonyl (C=O) groups is 1. The lowest BCUT2D eigenvalue weighted by molar-refractivity contribution is -0.119. The van der Waals surface area contributed by atoms with Gasteiger partial charge in [0.1, 0.15) is 11.4 Å². The first-order valence-electron chi connectivity index (χ1n) is 9.54. The summed E-state index contributed by atoms with van der Waals surface area (Å²) >= 11 is 1.62. The molecule has 3 aromatic rings. The first-order chi connectivity index (χ1) is 13.6. The molecule has 4 rings (SSSR count). The average Bonchev–Trinajstić information content (AvgIpc) is 3.07. The molecule has 6 heteroatoms. The minimum Gasteiger partial charge on any atom is -0.307 e. The number of para-hydroxylation sites is 1. The van der Waals surface area contributed by atoms with Crippen molar-refractivity contribution < 1.29 is 4.79 Å². The van der Waals surface area contributed by atoms with E-state index in [0.717, 1.165) is 35.3 Å². The molecule has 0 unspecified atom stereocenters. The maximum Gasteiger partial charge on any atom is 0.262 e. The number of fused-ring (bicyclic) bond motifs is 3. The molecular weight excluding hydrogens is 370 g/mol. The Kier molecular flexibility index (Phi) is 5.13. The van der Waals surface area contributed by atoms with Crippen LogP contribution in [0.4, 0.5) is 5.69 Å². The summed E-state index contributed by atoms with van der Waals surface area (Å²) in [7, 11) is 0. The number of anilines is 1. The van der Waals surface area contributed by atoms with E-state index in [2.05, 4.69) is 18.5 Å². The standard InChI is InChI=1S/C22H23N3O2S/c1-3-11-25(16-7-5-4-6-8-16)19(26)13-24-14-23-21-20(22(24)27)17-10-9-15(2)12-18(17)28-21/h3-8,14-15H,1,9-13H2,2H3/t15-/m1/s1. The summed E-state index contributed by atoms with van der Waals surface area (Å²) in [5.74, 6) is 0.481. The summed E-state index contributed by atoms with van der Waals surface area (Å²) < 4.78 is 1.44. The predicted molar refractivity (Wildman–Crippen MR) is 114 cm³/mol. The van der Waals surface area contributed by atoms with Crippen LogP contribution in [0.1, 0.15) is 23.8 Å². The third kappa shape index (κ3) is 3.40. The van der Waals surface area contributed by atoms with E-state index in [1.165, 1.54) is 15.8 Å². The van der Waals surface area contributed by atoms with Gasteiger partial charge in [0, 0.05) is 17.1 Å². The molecular formula is C22H23N3O2S. The van der Waals surface area contributed by atoms with Gasteiger partial charge in [-0.3, -0.25) is 14.2 Å². The maximum absolute atomic E-state index is 13.1. The summed E-state index contributed by atoms with van der Waals surface area (Å²) in [6.45, 7) is 6.35. The number of aryl methyl sites for hydroxylation is 1. The van der Waals surface area contributed by atoms with Crippen LogP contribution >= 0.6 is 11.3 Å². The third-order valence-electron chi connectivity index (χ3n) is 5.27. The van der Waals surface area contributed by atoms with E-state index in [1.54, 1.807) is 22.3 Å². The lowest BCUT2D eigenvalue weighted by Gasteiger charge is -2.21. The Morgan fingerprint density at radius 2 is 2.18 bits per heavy atom. The SMILES string of the molecule is C=CCN(C(=O)Cn1cnc2sc3c(c2c1=O)CC[C@@H](C)C3)c1ccccc1. The van der Waals surface area contributed by atoms with Crippen LogP contribution < -0.4 is 10.5 Å². The highest BCUT2D eigenvalue weighted by atomic mass is 32.1. The molecule has 1 aliphatic carbocycles. The van der Waals surface area contributed by atoms with Crippen molar-refractivity contribution in [1.82, 2.24) is 9.55 Å². The van der Waals surface area contributed by atoms with Crippen molar-refractivity contribution >= 4 is 33.1 Å². The van der Waals surface area contributed by atoms with Crippen LogP contribution in [0, 0.1) is 5.92 Å². The molecule has 0 fully saturated rings. The Bertz CT molecular complexity index is 1080. The van der Waals surface area contributed by atoms with Crippen molar-refractivity contribution in [1.29, 1.82) is 0 Å². The lowest BCUT2D eigenvalue weighted by Crippen LogP contribution is -2.36. The van der Waals surface area contributed by atoms with E-state index in [-0.39, 0.29) is 18.0 Å². The number of hydrogen-bond acceptors (Lipinski definition) is 4. The third-order valence-corrected chi connectivity index (χ3v) is 6.43. The van der Waals surface area contributed by atoms with Gasteiger partial charge in [0.15, 0.2) is 0 Å². The zero-order valence-electron chi connectivity index (χ0n) is 15.9. The number of rotatable bonds is 5. The smallest absolute Gasteiger partial charge is 0.262 e. The van der Waals surface area contributed by atoms with Crippen LogP contribution in [0.2, 0.25) is 0 Å². The minimum atomic E-state index is -0.160. The summed E-state index contributed by atoms with van der Waals surface area (Å²) in [6, 6.07) is 9.43. The number of carbonyl (C=O) groups excluding carboxylic acids is 1. The Morgan fingerprint density at radius 1 is 1.39 bits per heavy atom. The number of nitrogens with zero attached hydrogens (tertiary/aromatic N) is 3. The normalized spacial score (nSPS) is 16.0. The van der Waals surface area contributed by atoms with E-state index < -0.39 is 0 Å². The van der Waals surface area contributed by atoms with E-state index in [4.69, 9.17) is 0 Å². The highest BCUT2D eigenvalue weighted by Crippen LogP contribution is 2.35. The van der Waals surface area contributed by atoms with Gasteiger partial charge in [0.25, 0.3) is 5.56 Å². The predicted octanol–water partition coefficient (Wildman–Crippen LogP) is 3.80. The molecule has 0 N–H and O–H groups in total. The number of amides is 1. The molecule has 1 amide bonds. The van der Waals surface area contributed by atoms with Crippen LogP contribution in [-0.4, -0.2) is 22.0 Å². The quantitative estimate of drug-likeness (QED) is 0.620. The van der Waals surface area contributed by atoms with Crippen molar-refractivity contribution in [3.8, 4) is 0 Å². The van der Waals surface area contributed by atoms with Gasteiger partial charge in [-0.2, -0.15) is 0 Å². The molecule has 0 spiro atoms. The molecule has 1 aromatic carbocycles. The fourth-order valence-electron chi connectivity index (χ4n) is 3.80. The minimum absolute atomic E-state index is 0.0362. The molecule has 5 nitrogen and oxygen atoms in total. The molecule has 0 saturated heterocycles. The van der Waals surface area contributed by atoms with Gasteiger partial charge in [0.2, 0.25) is 5.91 Å². The Hall–Kier alpha value is -2.73. The van der Waals surface area contributed by atoms with Gasteiger partial charge in [-0.1, -0.05) is 31.2 Å². The van der Waals surface area contributed by atoms with Crippen molar-refractivity contribution in [2.45, 2.75) is 32.7 Å². The van der Waals surface area contributed by atoms with Crippen molar-refractivity contribution in [2.75, 3.05) is 11.4 Å². The molecule has 0 bridgehead atoms. The zero-order valence-corrected chi connectivity index (χ0v) is 16.7. The molecule has 2 aromatic heterocycles. The average molecular weight is 394 g/mol. The molecule has 144 valence electrons. The van der Waals surface area contributed by atoms with Crippen molar-refractivity contribution in [3.05, 3.63) is 70.1 Å². The highest BCUT2D eigenvalue weighted by molar-refractivity contribution is 7.18. The largest absolute Gasteiger partial charge is 0.307 e. The Morgan fingerprint density at radius 3 is 2.93 bits per heavy atom. The number of benzene rings is 1. The van der Waals surface area contributed by atoms with Gasteiger partial charge in [0.05, 0.1) is 11.7 Å². The van der Waals surface area contributed by atoms with Crippen LogP contribution in [0.25, 0.3) is 10.2 Å². The summed E-state index contributed by atoms with van der Waals surface area (Å²) in [5.41, 5.74) is 1.82. The van der Waals surface area contributed by atoms with Gasteiger partial charge < -0.3 is 4.90 Å². The van der Waals surface area contributed by atoms with E-state index in [0.29, 0.717) is 17.8 Å². The fourth-order valence-corrected chi connectivity index (χ4v) is 5.14. The molecule has 0 radical (unpaired) electrons. The Labute approximate surface area is 167 Å². The van der Waals surface area contributed by atoms with Crippen molar-refractivity contribution in [3.63, 3.8) is 0 Å². The summed E-state index contributed by atoms with van der Waals surface area (Å²) in [5, 5.41) is 0.706. The fraction of sp³-hybridized carbons (Fsp3) is 0.318. The molecule has 0 saturated carbocycles. The first-order valence-corrected chi connectivity index (χ1v) is 10.4. The Balaban J connectivity index is 1.67. The van der Waals surface area contributed by atoms with Gasteiger partial charge in [-0.25, -0.2) is 4.98 Å². The first kappa shape index (κ1) is 18.6. The van der Waals surface area contributed by atoms with Crippen LogP contribution in [0.15, 0.2) is 54.1 Å². The van der Waals surface area contributed by atoms with Crippen LogP contribution in [0.3, 0.4) is 0 Å². The van der Waals surface area contributed by atoms with Gasteiger partial charge in [-0.05, 0) is 42.9 Å². The molecule has 2 heterocycles. The van der Waals surface area contributed by atoms with E-state index in [9.17, 15) is 9.59 Å². The zero-order chi connectivity index (χ0) is 19.7. The second-order valence-electron chi connectivity index (χ2n) is 7.34. The second-order valence-corrected chi connectivity index (χ2v) is 8.42. The van der Waals surface area contributed by atoms with Gasteiger partial charge in [-0.15, -0.1) is 17.9 Å².